The van der Waals surface area contributed by atoms with Gasteiger partial charge in [-0.25, -0.2) is 8.42 Å². The normalized spacial score (nSPS) is 13.9. The second-order valence-corrected chi connectivity index (χ2v) is 15.5. The summed E-state index contributed by atoms with van der Waals surface area (Å²) in [6, 6.07) is 26.3. The fraction of sp³-hybridized carbons (Fsp3) is 0.297. The first kappa shape index (κ1) is 36.7. The lowest BCUT2D eigenvalue weighted by Crippen LogP contribution is -2.54. The second kappa shape index (κ2) is 16.9. The van der Waals surface area contributed by atoms with Gasteiger partial charge in [0.05, 0.1) is 27.2 Å². The van der Waals surface area contributed by atoms with Gasteiger partial charge in [0.25, 0.3) is 10.0 Å². The molecular weight excluding hydrogens is 749 g/mol. The number of halogens is 3. The molecule has 1 atom stereocenters. The number of carbonyl (C=O) groups excluding carboxylic acids is 2. The monoisotopic (exact) mass is 785 g/mol. The van der Waals surface area contributed by atoms with Crippen molar-refractivity contribution in [2.24, 2.45) is 0 Å². The Morgan fingerprint density at radius 2 is 1.57 bits per heavy atom. The van der Waals surface area contributed by atoms with Gasteiger partial charge in [0.2, 0.25) is 11.8 Å². The number of anilines is 1. The molecule has 0 aromatic heterocycles. The van der Waals surface area contributed by atoms with Crippen LogP contribution in [0.2, 0.25) is 10.0 Å². The third-order valence-electron chi connectivity index (χ3n) is 8.43. The summed E-state index contributed by atoms with van der Waals surface area (Å²) in [5.41, 5.74) is 1.76. The molecular formula is C37H38BrCl2N3O5S. The lowest BCUT2D eigenvalue weighted by Gasteiger charge is -2.34. The van der Waals surface area contributed by atoms with E-state index in [1.165, 1.54) is 17.0 Å². The van der Waals surface area contributed by atoms with Gasteiger partial charge >= 0.3 is 0 Å². The minimum atomic E-state index is -4.25. The topological polar surface area (TPSA) is 96.0 Å². The first-order chi connectivity index (χ1) is 23.5. The lowest BCUT2D eigenvalue weighted by molar-refractivity contribution is -0.140. The van der Waals surface area contributed by atoms with Crippen LogP contribution in [0.25, 0.3) is 0 Å². The number of hydrogen-bond acceptors (Lipinski definition) is 5. The number of carbonyl (C=O) groups is 2. The highest BCUT2D eigenvalue weighted by Crippen LogP contribution is 2.29. The van der Waals surface area contributed by atoms with Crippen LogP contribution >= 0.6 is 39.1 Å². The third kappa shape index (κ3) is 9.57. The Balaban J connectivity index is 1.57. The van der Waals surface area contributed by atoms with Crippen molar-refractivity contribution in [2.45, 2.75) is 62.6 Å². The van der Waals surface area contributed by atoms with E-state index in [1.807, 2.05) is 37.3 Å². The van der Waals surface area contributed by atoms with Gasteiger partial charge in [-0.1, -0.05) is 88.4 Å². The fourth-order valence-electron chi connectivity index (χ4n) is 5.89. The maximum atomic E-state index is 14.7. The molecule has 5 rings (SSSR count). The highest BCUT2D eigenvalue weighted by Gasteiger charge is 2.35. The summed E-state index contributed by atoms with van der Waals surface area (Å²) in [6.45, 7) is 1.71. The van der Waals surface area contributed by atoms with Crippen molar-refractivity contribution in [1.29, 1.82) is 0 Å². The molecule has 12 heteroatoms. The van der Waals surface area contributed by atoms with E-state index in [9.17, 15) is 18.0 Å². The third-order valence-corrected chi connectivity index (χ3v) is 11.5. The summed E-state index contributed by atoms with van der Waals surface area (Å²) in [5, 5.41) is 3.83. The minimum Gasteiger partial charge on any atom is -0.494 e. The predicted octanol–water partition coefficient (Wildman–Crippen LogP) is 8.05. The molecule has 1 aliphatic carbocycles. The van der Waals surface area contributed by atoms with E-state index in [0.717, 1.165) is 35.6 Å². The first-order valence-corrected chi connectivity index (χ1v) is 19.1. The van der Waals surface area contributed by atoms with Crippen LogP contribution in [0.1, 0.15) is 43.7 Å². The van der Waals surface area contributed by atoms with Gasteiger partial charge in [-0.2, -0.15) is 0 Å². The zero-order valence-corrected chi connectivity index (χ0v) is 30.9. The van der Waals surface area contributed by atoms with Crippen molar-refractivity contribution in [3.63, 3.8) is 0 Å². The molecule has 4 aromatic rings. The Morgan fingerprint density at radius 1 is 0.898 bits per heavy atom. The van der Waals surface area contributed by atoms with E-state index in [4.69, 9.17) is 27.9 Å². The zero-order chi connectivity index (χ0) is 35.0. The molecule has 0 spiro atoms. The standard InChI is InChI=1S/C37H38BrCl2N3O5S/c1-2-48-31-17-15-30(16-18-31)43(49(46,47)32-19-13-28(38)14-20-32)25-36(44)42(24-27-12-21-33(39)34(40)22-27)35(23-26-8-4-3-5-9-26)37(45)41-29-10-6-7-11-29/h3-5,8-9,12-22,29,35H,2,6-7,10-11,23-25H2,1H3,(H,41,45)/t35-/m1/s1. The van der Waals surface area contributed by atoms with Crippen LogP contribution < -0.4 is 14.4 Å². The molecule has 0 aliphatic heterocycles. The summed E-state index contributed by atoms with van der Waals surface area (Å²) >= 11 is 16.0. The van der Waals surface area contributed by atoms with Crippen LogP contribution in [0.4, 0.5) is 5.69 Å². The molecule has 0 heterocycles. The SMILES string of the molecule is CCOc1ccc(N(CC(=O)N(Cc2ccc(Cl)c(Cl)c2)[C@H](Cc2ccccc2)C(=O)NC2CCCC2)S(=O)(=O)c2ccc(Br)cc2)cc1. The molecule has 258 valence electrons. The van der Waals surface area contributed by atoms with Crippen LogP contribution in [0.3, 0.4) is 0 Å². The van der Waals surface area contributed by atoms with E-state index in [-0.39, 0.29) is 35.5 Å². The van der Waals surface area contributed by atoms with Crippen LogP contribution in [-0.4, -0.2) is 50.4 Å². The van der Waals surface area contributed by atoms with Crippen molar-refractivity contribution in [3.8, 4) is 5.75 Å². The molecule has 0 saturated heterocycles. The molecule has 0 bridgehead atoms. The number of sulfonamides is 1. The average Bonchev–Trinajstić information content (AvgIpc) is 3.61. The first-order valence-electron chi connectivity index (χ1n) is 16.1. The molecule has 0 unspecified atom stereocenters. The van der Waals surface area contributed by atoms with Crippen molar-refractivity contribution >= 4 is 66.7 Å². The molecule has 1 fully saturated rings. The van der Waals surface area contributed by atoms with E-state index in [2.05, 4.69) is 21.2 Å². The van der Waals surface area contributed by atoms with Crippen molar-refractivity contribution in [1.82, 2.24) is 10.2 Å². The van der Waals surface area contributed by atoms with E-state index in [1.54, 1.807) is 54.6 Å². The number of nitrogens with one attached hydrogen (secondary N) is 1. The maximum absolute atomic E-state index is 14.7. The molecule has 1 N–H and O–H groups in total. The largest absolute Gasteiger partial charge is 0.494 e. The van der Waals surface area contributed by atoms with Gasteiger partial charge in [-0.15, -0.1) is 0 Å². The summed E-state index contributed by atoms with van der Waals surface area (Å²) in [4.78, 5) is 30.3. The smallest absolute Gasteiger partial charge is 0.264 e. The second-order valence-electron chi connectivity index (χ2n) is 11.9. The van der Waals surface area contributed by atoms with Gasteiger partial charge in [-0.05, 0) is 91.6 Å². The van der Waals surface area contributed by atoms with E-state index in [0.29, 0.717) is 32.4 Å². The Hall–Kier alpha value is -3.57. The van der Waals surface area contributed by atoms with Crippen molar-refractivity contribution in [3.05, 3.63) is 123 Å². The van der Waals surface area contributed by atoms with Gasteiger partial charge in [0.15, 0.2) is 0 Å². The predicted molar refractivity (Wildman–Crippen MR) is 198 cm³/mol. The number of rotatable bonds is 14. The van der Waals surface area contributed by atoms with Gasteiger partial charge in [0.1, 0.15) is 18.3 Å². The summed E-state index contributed by atoms with van der Waals surface area (Å²) in [6.07, 6.45) is 3.98. The number of hydrogen-bond donors (Lipinski definition) is 1. The van der Waals surface area contributed by atoms with Crippen molar-refractivity contribution < 1.29 is 22.7 Å². The van der Waals surface area contributed by atoms with Crippen molar-refractivity contribution in [2.75, 3.05) is 17.5 Å². The molecule has 4 aromatic carbocycles. The Kier molecular flexibility index (Phi) is 12.7. The Labute approximate surface area is 306 Å². The molecule has 1 saturated carbocycles. The number of amides is 2. The van der Waals surface area contributed by atoms with Gasteiger partial charge in [-0.3, -0.25) is 13.9 Å². The van der Waals surface area contributed by atoms with Gasteiger partial charge < -0.3 is 15.0 Å². The van der Waals surface area contributed by atoms with Crippen LogP contribution in [-0.2, 0) is 32.6 Å². The Bertz CT molecular complexity index is 1840. The average molecular weight is 788 g/mol. The molecule has 2 amide bonds. The number of ether oxygens (including phenoxy) is 1. The molecule has 49 heavy (non-hydrogen) atoms. The molecule has 1 aliphatic rings. The van der Waals surface area contributed by atoms with E-state index >= 15 is 0 Å². The summed E-state index contributed by atoms with van der Waals surface area (Å²) in [7, 11) is -4.25. The zero-order valence-electron chi connectivity index (χ0n) is 27.0. The fourth-order valence-corrected chi connectivity index (χ4v) is 7.89. The highest BCUT2D eigenvalue weighted by molar-refractivity contribution is 9.10. The Morgan fingerprint density at radius 3 is 2.20 bits per heavy atom. The number of benzene rings is 4. The quantitative estimate of drug-likeness (QED) is 0.140. The van der Waals surface area contributed by atoms with Crippen LogP contribution in [0.15, 0.2) is 106 Å². The number of nitrogens with zero attached hydrogens (tertiary/aromatic N) is 2. The summed E-state index contributed by atoms with van der Waals surface area (Å²) in [5.74, 6) is -0.304. The molecule has 0 radical (unpaired) electrons. The van der Waals surface area contributed by atoms with Crippen LogP contribution in [0.5, 0.6) is 5.75 Å². The maximum Gasteiger partial charge on any atom is 0.264 e. The van der Waals surface area contributed by atoms with Crippen LogP contribution in [0, 0.1) is 0 Å². The van der Waals surface area contributed by atoms with Gasteiger partial charge in [0, 0.05) is 23.5 Å². The van der Waals surface area contributed by atoms with E-state index < -0.39 is 28.5 Å². The summed E-state index contributed by atoms with van der Waals surface area (Å²) < 4.78 is 35.9. The minimum absolute atomic E-state index is 0.00540. The highest BCUT2D eigenvalue weighted by atomic mass is 79.9. The lowest BCUT2D eigenvalue weighted by atomic mass is 10.0. The molecule has 8 nitrogen and oxygen atoms in total.